The van der Waals surface area contributed by atoms with Gasteiger partial charge in [0.1, 0.15) is 5.75 Å². The number of amides is 1. The van der Waals surface area contributed by atoms with Crippen LogP contribution in [-0.2, 0) is 4.79 Å². The first kappa shape index (κ1) is 16.6. The van der Waals surface area contributed by atoms with Crippen molar-refractivity contribution in [2.75, 3.05) is 20.1 Å². The number of piperidine rings is 1. The number of carbonyl (C=O) groups excluding carboxylic acids is 1. The van der Waals surface area contributed by atoms with Gasteiger partial charge in [0.2, 0.25) is 0 Å². The third kappa shape index (κ3) is 4.34. The molecule has 0 saturated carbocycles. The van der Waals surface area contributed by atoms with Crippen LogP contribution in [0.4, 0.5) is 0 Å². The van der Waals surface area contributed by atoms with Crippen LogP contribution < -0.4 is 10.1 Å². The van der Waals surface area contributed by atoms with Crippen molar-refractivity contribution in [3.63, 3.8) is 0 Å². The average Bonchev–Trinajstić information content (AvgIpc) is 2.49. The molecule has 2 atom stereocenters. The lowest BCUT2D eigenvalue weighted by atomic mass is 10.1. The summed E-state index contributed by atoms with van der Waals surface area (Å²) < 4.78 is 6.52. The predicted molar refractivity (Wildman–Crippen MR) is 87.9 cm³/mol. The number of nitrogens with one attached hydrogen (secondary N) is 1. The molecule has 0 aromatic heterocycles. The van der Waals surface area contributed by atoms with Crippen molar-refractivity contribution < 1.29 is 9.53 Å². The Morgan fingerprint density at radius 3 is 3.00 bits per heavy atom. The molecular weight excluding hydrogens is 356 g/mol. The van der Waals surface area contributed by atoms with Crippen LogP contribution in [0, 0.1) is 0 Å². The molecule has 6 heteroatoms. The molecule has 2 unspecified atom stereocenters. The molecular formula is C15H20BrClN2O2. The maximum absolute atomic E-state index is 12.5. The van der Waals surface area contributed by atoms with Crippen LogP contribution in [-0.4, -0.2) is 43.1 Å². The number of carbonyl (C=O) groups is 1. The van der Waals surface area contributed by atoms with Crippen molar-refractivity contribution in [3.05, 3.63) is 27.7 Å². The first-order valence-corrected chi connectivity index (χ1v) is 8.26. The first-order chi connectivity index (χ1) is 10.0. The summed E-state index contributed by atoms with van der Waals surface area (Å²) in [6.07, 6.45) is 1.62. The van der Waals surface area contributed by atoms with Gasteiger partial charge in [-0.3, -0.25) is 4.79 Å². The molecule has 4 nitrogen and oxygen atoms in total. The standard InChI is InChI=1S/C15H20BrClN2O2/c1-10(21-14-6-5-11(17)8-13(14)16)15(20)19-7-3-4-12(9-19)18-2/h5-6,8,10,12,18H,3-4,7,9H2,1-2H3. The Balaban J connectivity index is 1.99. The van der Waals surface area contributed by atoms with E-state index in [-0.39, 0.29) is 5.91 Å². The van der Waals surface area contributed by atoms with Gasteiger partial charge in [-0.1, -0.05) is 11.6 Å². The molecule has 116 valence electrons. The number of halogens is 2. The van der Waals surface area contributed by atoms with Gasteiger partial charge < -0.3 is 15.0 Å². The van der Waals surface area contributed by atoms with Crippen LogP contribution >= 0.6 is 27.5 Å². The number of nitrogens with zero attached hydrogens (tertiary/aromatic N) is 1. The summed E-state index contributed by atoms with van der Waals surface area (Å²) in [6.45, 7) is 3.32. The Bertz CT molecular complexity index is 512. The van der Waals surface area contributed by atoms with Crippen LogP contribution in [0.3, 0.4) is 0 Å². The molecule has 1 aliphatic rings. The highest BCUT2D eigenvalue weighted by atomic mass is 79.9. The lowest BCUT2D eigenvalue weighted by Crippen LogP contribution is -2.50. The highest BCUT2D eigenvalue weighted by Crippen LogP contribution is 2.29. The SMILES string of the molecule is CNC1CCCN(C(=O)C(C)Oc2ccc(Cl)cc2Br)C1. The van der Waals surface area contributed by atoms with E-state index in [0.717, 1.165) is 30.4 Å². The van der Waals surface area contributed by atoms with E-state index in [9.17, 15) is 4.79 Å². The van der Waals surface area contributed by atoms with Gasteiger partial charge in [-0.2, -0.15) is 0 Å². The van der Waals surface area contributed by atoms with Gasteiger partial charge in [0.15, 0.2) is 6.10 Å². The number of likely N-dealkylation sites (N-methyl/N-ethyl adjacent to an activating group) is 1. The lowest BCUT2D eigenvalue weighted by molar-refractivity contribution is -0.139. The zero-order valence-corrected chi connectivity index (χ0v) is 14.6. The van der Waals surface area contributed by atoms with E-state index in [1.807, 2.05) is 11.9 Å². The van der Waals surface area contributed by atoms with Crippen molar-refractivity contribution in [2.24, 2.45) is 0 Å². The van der Waals surface area contributed by atoms with Crippen molar-refractivity contribution in [3.8, 4) is 5.75 Å². The highest BCUT2D eigenvalue weighted by molar-refractivity contribution is 9.10. The van der Waals surface area contributed by atoms with E-state index in [4.69, 9.17) is 16.3 Å². The number of rotatable bonds is 4. The fraction of sp³-hybridized carbons (Fsp3) is 0.533. The summed E-state index contributed by atoms with van der Waals surface area (Å²) in [5.41, 5.74) is 0. The molecule has 1 amide bonds. The second-order valence-electron chi connectivity index (χ2n) is 5.25. The smallest absolute Gasteiger partial charge is 0.263 e. The molecule has 0 aliphatic carbocycles. The predicted octanol–water partition coefficient (Wildman–Crippen LogP) is 3.08. The van der Waals surface area contributed by atoms with Gasteiger partial charge in [-0.25, -0.2) is 0 Å². The number of hydrogen-bond donors (Lipinski definition) is 1. The van der Waals surface area contributed by atoms with E-state index in [1.165, 1.54) is 0 Å². The number of likely N-dealkylation sites (tertiary alicyclic amines) is 1. The quantitative estimate of drug-likeness (QED) is 0.879. The zero-order chi connectivity index (χ0) is 15.4. The van der Waals surface area contributed by atoms with Crippen molar-refractivity contribution in [1.82, 2.24) is 10.2 Å². The Kier molecular flexibility index (Phi) is 5.90. The highest BCUT2D eigenvalue weighted by Gasteiger charge is 2.27. The van der Waals surface area contributed by atoms with Crippen molar-refractivity contribution >= 4 is 33.4 Å². The Morgan fingerprint density at radius 1 is 1.57 bits per heavy atom. The Hall–Kier alpha value is -0.780. The summed E-state index contributed by atoms with van der Waals surface area (Å²) >= 11 is 9.30. The monoisotopic (exact) mass is 374 g/mol. The summed E-state index contributed by atoms with van der Waals surface area (Å²) in [7, 11) is 1.93. The van der Waals surface area contributed by atoms with E-state index >= 15 is 0 Å². The minimum atomic E-state index is -0.516. The molecule has 1 N–H and O–H groups in total. The molecule has 0 radical (unpaired) electrons. The minimum Gasteiger partial charge on any atom is -0.480 e. The molecule has 1 fully saturated rings. The van der Waals surface area contributed by atoms with Gasteiger partial charge in [0.25, 0.3) is 5.91 Å². The third-order valence-corrected chi connectivity index (χ3v) is 4.54. The van der Waals surface area contributed by atoms with E-state index in [0.29, 0.717) is 16.8 Å². The largest absolute Gasteiger partial charge is 0.480 e. The van der Waals surface area contributed by atoms with Crippen molar-refractivity contribution in [2.45, 2.75) is 31.9 Å². The van der Waals surface area contributed by atoms with Crippen LogP contribution in [0.2, 0.25) is 5.02 Å². The second-order valence-corrected chi connectivity index (χ2v) is 6.54. The maximum Gasteiger partial charge on any atom is 0.263 e. The molecule has 0 bridgehead atoms. The van der Waals surface area contributed by atoms with E-state index in [2.05, 4.69) is 21.2 Å². The van der Waals surface area contributed by atoms with Crippen LogP contribution in [0.15, 0.2) is 22.7 Å². The Morgan fingerprint density at radius 2 is 2.33 bits per heavy atom. The third-order valence-electron chi connectivity index (χ3n) is 3.69. The number of benzene rings is 1. The first-order valence-electron chi connectivity index (χ1n) is 7.09. The summed E-state index contributed by atoms with van der Waals surface area (Å²) in [4.78, 5) is 14.3. The summed E-state index contributed by atoms with van der Waals surface area (Å²) in [5.74, 6) is 0.652. The van der Waals surface area contributed by atoms with E-state index < -0.39 is 6.10 Å². The molecule has 21 heavy (non-hydrogen) atoms. The number of hydrogen-bond acceptors (Lipinski definition) is 3. The van der Waals surface area contributed by atoms with E-state index in [1.54, 1.807) is 25.1 Å². The molecule has 1 aliphatic heterocycles. The molecule has 1 aromatic rings. The fourth-order valence-corrected chi connectivity index (χ4v) is 3.26. The van der Waals surface area contributed by atoms with Gasteiger partial charge in [0, 0.05) is 24.2 Å². The zero-order valence-electron chi connectivity index (χ0n) is 12.2. The van der Waals surface area contributed by atoms with Gasteiger partial charge >= 0.3 is 0 Å². The molecule has 1 aromatic carbocycles. The van der Waals surface area contributed by atoms with Gasteiger partial charge in [0.05, 0.1) is 4.47 Å². The lowest BCUT2D eigenvalue weighted by Gasteiger charge is -2.34. The topological polar surface area (TPSA) is 41.6 Å². The molecule has 1 heterocycles. The van der Waals surface area contributed by atoms with Gasteiger partial charge in [-0.15, -0.1) is 0 Å². The maximum atomic E-state index is 12.5. The van der Waals surface area contributed by atoms with Crippen molar-refractivity contribution in [1.29, 1.82) is 0 Å². The molecule has 1 saturated heterocycles. The van der Waals surface area contributed by atoms with Crippen LogP contribution in [0.1, 0.15) is 19.8 Å². The average molecular weight is 376 g/mol. The normalized spacial score (nSPS) is 20.2. The molecule has 2 rings (SSSR count). The summed E-state index contributed by atoms with van der Waals surface area (Å²) in [6, 6.07) is 5.64. The van der Waals surface area contributed by atoms with Crippen LogP contribution in [0.25, 0.3) is 0 Å². The minimum absolute atomic E-state index is 0.0248. The van der Waals surface area contributed by atoms with Gasteiger partial charge in [-0.05, 0) is 60.9 Å². The fourth-order valence-electron chi connectivity index (χ4n) is 2.48. The number of ether oxygens (including phenoxy) is 1. The summed E-state index contributed by atoms with van der Waals surface area (Å²) in [5, 5.41) is 3.86. The molecule has 0 spiro atoms. The second kappa shape index (κ2) is 7.47. The van der Waals surface area contributed by atoms with Crippen LogP contribution in [0.5, 0.6) is 5.75 Å². The Labute approximate surface area is 138 Å².